The molecule has 0 saturated heterocycles. The number of benzene rings is 2. The van der Waals surface area contributed by atoms with Gasteiger partial charge in [-0.1, -0.05) is 42.5 Å². The fraction of sp³-hybridized carbons (Fsp3) is 0.381. The van der Waals surface area contributed by atoms with Gasteiger partial charge in [-0.2, -0.15) is 0 Å². The van der Waals surface area contributed by atoms with Crippen molar-refractivity contribution in [2.45, 2.75) is 38.8 Å². The zero-order valence-electron chi connectivity index (χ0n) is 15.2. The Bertz CT molecular complexity index is 639. The van der Waals surface area contributed by atoms with Gasteiger partial charge >= 0.3 is 0 Å². The third-order valence-corrected chi connectivity index (χ3v) is 4.21. The molecule has 0 bridgehead atoms. The highest BCUT2D eigenvalue weighted by Crippen LogP contribution is 2.14. The van der Waals surface area contributed by atoms with Crippen LogP contribution in [0.3, 0.4) is 0 Å². The van der Waals surface area contributed by atoms with Crippen molar-refractivity contribution < 1.29 is 9.53 Å². The molecular weight excluding hydrogens is 312 g/mol. The van der Waals surface area contributed by atoms with Gasteiger partial charge in [0.1, 0.15) is 5.75 Å². The first-order valence-electron chi connectivity index (χ1n) is 8.78. The van der Waals surface area contributed by atoms with Crippen LogP contribution in [0.15, 0.2) is 54.6 Å². The molecule has 2 aromatic carbocycles. The summed E-state index contributed by atoms with van der Waals surface area (Å²) in [6.45, 7) is 3.26. The maximum Gasteiger partial charge on any atom is 0.222 e. The Morgan fingerprint density at radius 3 is 2.36 bits per heavy atom. The number of hydrogen-bond donors (Lipinski definition) is 1. The van der Waals surface area contributed by atoms with Gasteiger partial charge in [-0.3, -0.25) is 4.79 Å². The molecule has 0 heterocycles. The standard InChI is InChI=1S/C21H28N2O2/c1-17(22)8-13-21(24)23(16-19-6-4-3-5-7-19)15-14-18-9-11-20(25-2)12-10-18/h3-7,9-12,17H,8,13-16,22H2,1-2H3. The van der Waals surface area contributed by atoms with Crippen molar-refractivity contribution in [1.29, 1.82) is 0 Å². The van der Waals surface area contributed by atoms with Gasteiger partial charge in [-0.25, -0.2) is 0 Å². The second-order valence-corrected chi connectivity index (χ2v) is 6.41. The third kappa shape index (κ3) is 6.59. The van der Waals surface area contributed by atoms with Crippen molar-refractivity contribution in [3.8, 4) is 5.75 Å². The molecule has 0 aliphatic carbocycles. The Labute approximate surface area is 150 Å². The largest absolute Gasteiger partial charge is 0.497 e. The molecule has 1 unspecified atom stereocenters. The first-order valence-corrected chi connectivity index (χ1v) is 8.78. The van der Waals surface area contributed by atoms with Crippen LogP contribution in [-0.4, -0.2) is 30.5 Å². The lowest BCUT2D eigenvalue weighted by atomic mass is 10.1. The van der Waals surface area contributed by atoms with Crippen molar-refractivity contribution in [1.82, 2.24) is 4.90 Å². The van der Waals surface area contributed by atoms with Gasteiger partial charge in [0, 0.05) is 25.6 Å². The Kier molecular flexibility index (Phi) is 7.48. The molecule has 2 aromatic rings. The van der Waals surface area contributed by atoms with Gasteiger partial charge in [0.25, 0.3) is 0 Å². The van der Waals surface area contributed by atoms with Crippen molar-refractivity contribution in [3.05, 3.63) is 65.7 Å². The van der Waals surface area contributed by atoms with Gasteiger partial charge in [0.2, 0.25) is 5.91 Å². The summed E-state index contributed by atoms with van der Waals surface area (Å²) in [7, 11) is 1.66. The maximum atomic E-state index is 12.6. The minimum absolute atomic E-state index is 0.0455. The molecule has 4 heteroatoms. The van der Waals surface area contributed by atoms with Crippen molar-refractivity contribution >= 4 is 5.91 Å². The highest BCUT2D eigenvalue weighted by Gasteiger charge is 2.14. The first kappa shape index (κ1) is 19.0. The van der Waals surface area contributed by atoms with Crippen LogP contribution in [0.2, 0.25) is 0 Å². The fourth-order valence-corrected chi connectivity index (χ4v) is 2.66. The summed E-state index contributed by atoms with van der Waals surface area (Å²) < 4.78 is 5.19. The normalized spacial score (nSPS) is 11.8. The van der Waals surface area contributed by atoms with Crippen LogP contribution in [0.5, 0.6) is 5.75 Å². The van der Waals surface area contributed by atoms with E-state index in [0.29, 0.717) is 25.9 Å². The Morgan fingerprint density at radius 2 is 1.76 bits per heavy atom. The molecule has 1 amide bonds. The third-order valence-electron chi connectivity index (χ3n) is 4.21. The molecule has 0 fully saturated rings. The van der Waals surface area contributed by atoms with E-state index in [4.69, 9.17) is 10.5 Å². The predicted octanol–water partition coefficient (Wildman–Crippen LogP) is 3.39. The number of carbonyl (C=O) groups is 1. The van der Waals surface area contributed by atoms with E-state index in [1.165, 1.54) is 5.56 Å². The van der Waals surface area contributed by atoms with E-state index in [2.05, 4.69) is 12.1 Å². The zero-order chi connectivity index (χ0) is 18.1. The average Bonchev–Trinajstić information content (AvgIpc) is 2.64. The van der Waals surface area contributed by atoms with Crippen LogP contribution < -0.4 is 10.5 Å². The summed E-state index contributed by atoms with van der Waals surface area (Å²) in [6.07, 6.45) is 2.03. The molecule has 4 nitrogen and oxygen atoms in total. The number of amides is 1. The van der Waals surface area contributed by atoms with Crippen LogP contribution in [0, 0.1) is 0 Å². The monoisotopic (exact) mass is 340 g/mol. The smallest absolute Gasteiger partial charge is 0.222 e. The minimum atomic E-state index is 0.0455. The van der Waals surface area contributed by atoms with E-state index in [1.807, 2.05) is 54.3 Å². The molecule has 1 atom stereocenters. The van der Waals surface area contributed by atoms with Crippen LogP contribution in [-0.2, 0) is 17.8 Å². The highest BCUT2D eigenvalue weighted by molar-refractivity contribution is 5.76. The zero-order valence-corrected chi connectivity index (χ0v) is 15.2. The summed E-state index contributed by atoms with van der Waals surface area (Å²) >= 11 is 0. The SMILES string of the molecule is COc1ccc(CCN(Cc2ccccc2)C(=O)CCC(C)N)cc1. The summed E-state index contributed by atoms with van der Waals surface area (Å²) in [4.78, 5) is 14.6. The quantitative estimate of drug-likeness (QED) is 0.761. The summed E-state index contributed by atoms with van der Waals surface area (Å²) in [5, 5.41) is 0. The van der Waals surface area contributed by atoms with Gasteiger partial charge in [-0.05, 0) is 43.0 Å². The molecular formula is C21H28N2O2. The van der Waals surface area contributed by atoms with Gasteiger partial charge < -0.3 is 15.4 Å². The molecule has 0 spiro atoms. The fourth-order valence-electron chi connectivity index (χ4n) is 2.66. The second-order valence-electron chi connectivity index (χ2n) is 6.41. The van der Waals surface area contributed by atoms with E-state index in [0.717, 1.165) is 17.7 Å². The van der Waals surface area contributed by atoms with E-state index in [9.17, 15) is 4.79 Å². The van der Waals surface area contributed by atoms with Gasteiger partial charge in [0.05, 0.1) is 7.11 Å². The summed E-state index contributed by atoms with van der Waals surface area (Å²) in [5.74, 6) is 1.01. The molecule has 2 rings (SSSR count). The molecule has 134 valence electrons. The number of methoxy groups -OCH3 is 1. The Hall–Kier alpha value is -2.33. The Balaban J connectivity index is 2.00. The van der Waals surface area contributed by atoms with Crippen molar-refractivity contribution in [2.24, 2.45) is 5.73 Å². The first-order chi connectivity index (χ1) is 12.1. The molecule has 25 heavy (non-hydrogen) atoms. The van der Waals surface area contributed by atoms with E-state index in [-0.39, 0.29) is 11.9 Å². The second kappa shape index (κ2) is 9.84. The van der Waals surface area contributed by atoms with E-state index >= 15 is 0 Å². The van der Waals surface area contributed by atoms with Crippen LogP contribution in [0.1, 0.15) is 30.9 Å². The topological polar surface area (TPSA) is 55.6 Å². The van der Waals surface area contributed by atoms with Gasteiger partial charge in [0.15, 0.2) is 0 Å². The van der Waals surface area contributed by atoms with Crippen molar-refractivity contribution in [2.75, 3.05) is 13.7 Å². The lowest BCUT2D eigenvalue weighted by Gasteiger charge is -2.23. The molecule has 0 aliphatic rings. The molecule has 0 aromatic heterocycles. The van der Waals surface area contributed by atoms with Gasteiger partial charge in [-0.15, -0.1) is 0 Å². The average molecular weight is 340 g/mol. The number of carbonyl (C=O) groups excluding carboxylic acids is 1. The lowest BCUT2D eigenvalue weighted by molar-refractivity contribution is -0.132. The minimum Gasteiger partial charge on any atom is -0.497 e. The Morgan fingerprint density at radius 1 is 1.08 bits per heavy atom. The number of ether oxygens (including phenoxy) is 1. The van der Waals surface area contributed by atoms with Crippen LogP contribution in [0.4, 0.5) is 0 Å². The summed E-state index contributed by atoms with van der Waals surface area (Å²) in [6, 6.07) is 18.2. The molecule has 2 N–H and O–H groups in total. The number of nitrogens with two attached hydrogens (primary N) is 1. The predicted molar refractivity (Wildman–Crippen MR) is 101 cm³/mol. The molecule has 0 radical (unpaired) electrons. The molecule has 0 saturated carbocycles. The highest BCUT2D eigenvalue weighted by atomic mass is 16.5. The number of nitrogens with zero attached hydrogens (tertiary/aromatic N) is 1. The van der Waals surface area contributed by atoms with Crippen LogP contribution >= 0.6 is 0 Å². The number of rotatable bonds is 9. The molecule has 0 aliphatic heterocycles. The van der Waals surface area contributed by atoms with E-state index in [1.54, 1.807) is 7.11 Å². The lowest BCUT2D eigenvalue weighted by Crippen LogP contribution is -2.33. The van der Waals surface area contributed by atoms with Crippen LogP contribution in [0.25, 0.3) is 0 Å². The number of hydrogen-bond acceptors (Lipinski definition) is 3. The summed E-state index contributed by atoms with van der Waals surface area (Å²) in [5.41, 5.74) is 8.14. The van der Waals surface area contributed by atoms with E-state index < -0.39 is 0 Å². The maximum absolute atomic E-state index is 12.6. The van der Waals surface area contributed by atoms with Crippen molar-refractivity contribution in [3.63, 3.8) is 0 Å².